The molecular formula is C104H86N16+6. The molecule has 0 amide bonds. The Bertz CT molecular complexity index is 7510. The average Bonchev–Trinajstić information content (AvgIpc) is 0.754. The first-order valence-corrected chi connectivity index (χ1v) is 40.3. The maximum atomic E-state index is 4.73. The van der Waals surface area contributed by atoms with E-state index in [-0.39, 0.29) is 0 Å². The van der Waals surface area contributed by atoms with E-state index in [4.69, 9.17) is 4.98 Å². The predicted octanol–water partition coefficient (Wildman–Crippen LogP) is 19.6. The first kappa shape index (κ1) is 74.9. The minimum atomic E-state index is 0.997. The van der Waals surface area contributed by atoms with E-state index in [0.29, 0.717) is 0 Å². The van der Waals surface area contributed by atoms with Crippen molar-refractivity contribution >= 4 is 195 Å². The zero-order chi connectivity index (χ0) is 82.1. The molecule has 0 aliphatic carbocycles. The summed E-state index contributed by atoms with van der Waals surface area (Å²) in [4.78, 5) is 46.3. The largest absolute Gasteiger partial charge is 0.286 e. The smallest absolute Gasteiger partial charge is 0.256 e. The molecule has 576 valence electrons. The Morgan fingerprint density at radius 2 is 0.492 bits per heavy atom. The molecule has 10 heterocycles. The first-order valence-electron chi connectivity index (χ1n) is 40.3. The van der Waals surface area contributed by atoms with Crippen LogP contribution in [0.4, 0.5) is 0 Å². The number of pyridine rings is 4. The minimum Gasteiger partial charge on any atom is -0.256 e. The second kappa shape index (κ2) is 30.8. The highest BCUT2D eigenvalue weighted by molar-refractivity contribution is 6.22. The number of hydrogen-bond donors (Lipinski definition) is 0. The molecule has 0 atom stereocenters. The molecule has 0 bridgehead atoms. The van der Waals surface area contributed by atoms with Crippen LogP contribution in [0.15, 0.2) is 305 Å². The summed E-state index contributed by atoms with van der Waals surface area (Å²) in [5.74, 6) is 0. The van der Waals surface area contributed by atoms with Gasteiger partial charge in [0.2, 0.25) is 0 Å². The average molecular weight is 1560 g/mol. The molecule has 0 radical (unpaired) electrons. The second-order valence-corrected chi connectivity index (χ2v) is 31.2. The summed E-state index contributed by atoms with van der Waals surface area (Å²) in [5, 5.41) is 30.0. The Morgan fingerprint density at radius 3 is 1.05 bits per heavy atom. The lowest BCUT2D eigenvalue weighted by Crippen LogP contribution is -2.32. The molecule has 10 aromatic heterocycles. The monoisotopic (exact) mass is 1560 g/mol. The van der Waals surface area contributed by atoms with E-state index < -0.39 is 0 Å². The van der Waals surface area contributed by atoms with E-state index in [0.717, 1.165) is 104 Å². The number of benzene rings is 14. The van der Waals surface area contributed by atoms with Gasteiger partial charge in [-0.3, -0.25) is 15.0 Å². The van der Waals surface area contributed by atoms with E-state index in [1.54, 1.807) is 0 Å². The first-order chi connectivity index (χ1) is 58.5. The van der Waals surface area contributed by atoms with Gasteiger partial charge in [-0.15, -0.1) is 0 Å². The van der Waals surface area contributed by atoms with Crippen molar-refractivity contribution in [2.45, 2.75) is 41.5 Å². The van der Waals surface area contributed by atoms with E-state index in [2.05, 4.69) is 312 Å². The number of aryl methyl sites for hydroxylation is 12. The summed E-state index contributed by atoms with van der Waals surface area (Å²) in [6.45, 7) is 12.7. The summed E-state index contributed by atoms with van der Waals surface area (Å²) in [6.07, 6.45) is 17.1. The number of rotatable bonds is 0. The Labute approximate surface area is 691 Å². The number of aromatic nitrogens is 16. The lowest BCUT2D eigenvalue weighted by molar-refractivity contribution is -0.679. The molecule has 0 saturated carbocycles. The fraction of sp³-hybridized carbons (Fsp3) is 0.115. The third-order valence-electron chi connectivity index (χ3n) is 24.3. The molecule has 24 aromatic rings. The van der Waals surface area contributed by atoms with Crippen LogP contribution in [-0.4, -0.2) is 49.8 Å². The maximum absolute atomic E-state index is 4.73. The van der Waals surface area contributed by atoms with Crippen LogP contribution in [-0.2, 0) is 42.3 Å². The molecule has 16 heteroatoms. The molecule has 0 unspecified atom stereocenters. The standard InChI is InChI=1S/2C18H15N2.4C17H14N3/c1-12-16-8-7-15-9-13-5-3-4-6-14(13)10-17(15)18(16)19-11-20(12)2;1-12-15-10-9-14-8-7-13-5-3-4-6-16(13)17(14)18(15)19-11-20(12)2;1-11-13-8-7-12-9-18-15-6-4-3-5-14(15)16(12)17(13)19-10-20(11)2;1-11-13-7-8-16-14(17(13)18-10-20(11)2)9-12-5-3-4-6-15(12)19-16;1-11-13-7-8-15-16(17(13)19-10-20(11)2)14-6-4-3-5-12(14)9-18-15;1-11-14-9-18-15-8-7-12-5-3-4-6-13(12)16(15)17(14)19-10-20(11)2/h2*3-11H,1-2H3;4*3-10H,1-2H3/q6*+1. The van der Waals surface area contributed by atoms with Gasteiger partial charge in [0.15, 0.2) is 33.1 Å². The second-order valence-electron chi connectivity index (χ2n) is 31.2. The van der Waals surface area contributed by atoms with Gasteiger partial charge in [-0.1, -0.05) is 170 Å². The highest BCUT2D eigenvalue weighted by Gasteiger charge is 2.22. The zero-order valence-electron chi connectivity index (χ0n) is 69.0. The highest BCUT2D eigenvalue weighted by Crippen LogP contribution is 2.37. The quantitative estimate of drug-likeness (QED) is 0.0815. The van der Waals surface area contributed by atoms with Crippen molar-refractivity contribution in [3.8, 4) is 0 Å². The summed E-state index contributed by atoms with van der Waals surface area (Å²) in [7, 11) is 12.1. The van der Waals surface area contributed by atoms with E-state index in [1.165, 1.54) is 126 Å². The molecular weight excluding hydrogens is 1470 g/mol. The van der Waals surface area contributed by atoms with Crippen molar-refractivity contribution in [2.75, 3.05) is 0 Å². The molecule has 16 nitrogen and oxygen atoms in total. The molecule has 24 rings (SSSR count). The fourth-order valence-corrected chi connectivity index (χ4v) is 16.8. The third-order valence-corrected chi connectivity index (χ3v) is 24.3. The Hall–Kier alpha value is -15.2. The number of fused-ring (bicyclic) bond motifs is 28. The fourth-order valence-electron chi connectivity index (χ4n) is 16.8. The van der Waals surface area contributed by atoms with Crippen LogP contribution in [0.25, 0.3) is 195 Å². The summed E-state index contributed by atoms with van der Waals surface area (Å²) in [6, 6.07) is 86.8. The lowest BCUT2D eigenvalue weighted by atomic mass is 9.99. The van der Waals surface area contributed by atoms with Crippen LogP contribution in [0.1, 0.15) is 34.2 Å². The van der Waals surface area contributed by atoms with Crippen LogP contribution in [0.3, 0.4) is 0 Å². The maximum Gasteiger partial charge on any atom is 0.286 e. The van der Waals surface area contributed by atoms with Gasteiger partial charge < -0.3 is 0 Å². The highest BCUT2D eigenvalue weighted by atomic mass is 15.0. The normalized spacial score (nSPS) is 11.5. The van der Waals surface area contributed by atoms with Gasteiger partial charge in [0.25, 0.3) is 38.0 Å². The van der Waals surface area contributed by atoms with Crippen molar-refractivity contribution in [3.63, 3.8) is 0 Å². The molecule has 0 aliphatic heterocycles. The zero-order valence-corrected chi connectivity index (χ0v) is 69.0. The van der Waals surface area contributed by atoms with Gasteiger partial charge in [0, 0.05) is 56.3 Å². The predicted molar refractivity (Wildman–Crippen MR) is 487 cm³/mol. The molecule has 0 aliphatic rings. The van der Waals surface area contributed by atoms with Crippen LogP contribution in [0.2, 0.25) is 0 Å². The SMILES string of the molecule is Cc1c2ccc3cc4ccccc4cc3c2nc[n+]1C.Cc1c2ccc3ccc4ccccc4c3c2nc[n+]1C.Cc1c2ccc3cnc4ccccc4c3c2nc[n+]1C.Cc1c2ccc3nc4ccccc4cc3c2nc[n+]1C.Cc1c2ccc3ncc4ccccc4c3c2nc[n+]1C.Cc1c2cnc3ccc4ccccc4c3c2nc[n+]1C. The molecule has 0 fully saturated rings. The van der Waals surface area contributed by atoms with Crippen molar-refractivity contribution in [1.29, 1.82) is 0 Å². The van der Waals surface area contributed by atoms with E-state index >= 15 is 0 Å². The van der Waals surface area contributed by atoms with Crippen molar-refractivity contribution in [3.05, 3.63) is 339 Å². The van der Waals surface area contributed by atoms with Gasteiger partial charge >= 0.3 is 0 Å². The molecule has 0 spiro atoms. The van der Waals surface area contributed by atoms with Crippen LogP contribution in [0, 0.1) is 41.5 Å². The topological polar surface area (TPSA) is 152 Å². The molecule has 14 aromatic carbocycles. The molecule has 120 heavy (non-hydrogen) atoms. The Kier molecular flexibility index (Phi) is 19.2. The van der Waals surface area contributed by atoms with Crippen LogP contribution in [0.5, 0.6) is 0 Å². The van der Waals surface area contributed by atoms with Crippen LogP contribution < -0.4 is 27.4 Å². The van der Waals surface area contributed by atoms with Gasteiger partial charge in [0.05, 0.1) is 118 Å². The lowest BCUT2D eigenvalue weighted by Gasteiger charge is -2.06. The number of nitrogens with zero attached hydrogens (tertiary/aromatic N) is 16. The van der Waals surface area contributed by atoms with Crippen molar-refractivity contribution < 1.29 is 27.4 Å². The summed E-state index contributed by atoms with van der Waals surface area (Å²) in [5.41, 5.74) is 18.7. The number of para-hydroxylation sites is 2. The summed E-state index contributed by atoms with van der Waals surface area (Å²) < 4.78 is 12.3. The van der Waals surface area contributed by atoms with E-state index in [9.17, 15) is 0 Å². The Morgan fingerprint density at radius 1 is 0.175 bits per heavy atom. The van der Waals surface area contributed by atoms with Gasteiger partial charge in [0.1, 0.15) is 34.2 Å². The van der Waals surface area contributed by atoms with E-state index in [1.807, 2.05) is 149 Å². The van der Waals surface area contributed by atoms with Gasteiger partial charge in [-0.05, 0) is 199 Å². The molecule has 0 saturated heterocycles. The van der Waals surface area contributed by atoms with Crippen molar-refractivity contribution in [1.82, 2.24) is 49.8 Å². The van der Waals surface area contributed by atoms with Crippen molar-refractivity contribution in [2.24, 2.45) is 42.3 Å². The minimum absolute atomic E-state index is 0.997. The van der Waals surface area contributed by atoms with Gasteiger partial charge in [-0.2, -0.15) is 0 Å². The Balaban J connectivity index is 0.0000000952. The van der Waals surface area contributed by atoms with Crippen LogP contribution >= 0.6 is 0 Å². The molecule has 0 N–H and O–H groups in total. The number of hydrogen-bond acceptors (Lipinski definition) is 10. The third kappa shape index (κ3) is 13.3. The van der Waals surface area contributed by atoms with Gasteiger partial charge in [-0.25, -0.2) is 32.4 Å². The summed E-state index contributed by atoms with van der Waals surface area (Å²) >= 11 is 0.